The fourth-order valence-electron chi connectivity index (χ4n) is 1.78. The largest absolute Gasteiger partial charge is 0.475 e. The Morgan fingerprint density at radius 3 is 3.20 bits per heavy atom. The predicted octanol–water partition coefficient (Wildman–Crippen LogP) is 1.15. The number of rotatable bonds is 5. The molecule has 108 valence electrons. The van der Waals surface area contributed by atoms with Crippen LogP contribution in [0, 0.1) is 0 Å². The van der Waals surface area contributed by atoms with E-state index < -0.39 is 5.69 Å². The van der Waals surface area contributed by atoms with Crippen molar-refractivity contribution in [1.82, 2.24) is 9.97 Å². The fourth-order valence-corrected chi connectivity index (χ4v) is 1.78. The molecule has 1 N–H and O–H groups in total. The zero-order chi connectivity index (χ0) is 14.4. The van der Waals surface area contributed by atoms with Crippen LogP contribution in [0.25, 0.3) is 5.57 Å². The number of nitrogens with zero attached hydrogens (tertiary/aromatic N) is 1. The summed E-state index contributed by atoms with van der Waals surface area (Å²) in [5, 5.41) is 0. The molecule has 2 heterocycles. The molecule has 0 bridgehead atoms. The number of allylic oxidation sites excluding steroid dienone is 3. The zero-order valence-electron chi connectivity index (χ0n) is 11.4. The van der Waals surface area contributed by atoms with Crippen LogP contribution in [-0.2, 0) is 9.47 Å². The van der Waals surface area contributed by atoms with Gasteiger partial charge in [0, 0.05) is 6.07 Å². The molecule has 0 aromatic carbocycles. The van der Waals surface area contributed by atoms with E-state index in [4.69, 9.17) is 14.2 Å². The van der Waals surface area contributed by atoms with Crippen LogP contribution in [0.3, 0.4) is 0 Å². The van der Waals surface area contributed by atoms with Gasteiger partial charge in [-0.1, -0.05) is 18.7 Å². The van der Waals surface area contributed by atoms with Gasteiger partial charge >= 0.3 is 5.69 Å². The Labute approximate surface area is 117 Å². The average molecular weight is 278 g/mol. The molecule has 1 atom stereocenters. The number of hydrogen-bond donors (Lipinski definition) is 1. The quantitative estimate of drug-likeness (QED) is 0.818. The van der Waals surface area contributed by atoms with E-state index in [0.717, 1.165) is 0 Å². The van der Waals surface area contributed by atoms with E-state index in [-0.39, 0.29) is 12.0 Å². The molecule has 0 radical (unpaired) electrons. The van der Waals surface area contributed by atoms with E-state index in [1.807, 2.05) is 13.0 Å². The molecule has 2 rings (SSSR count). The minimum absolute atomic E-state index is 0.132. The van der Waals surface area contributed by atoms with Crippen molar-refractivity contribution in [3.63, 3.8) is 0 Å². The predicted molar refractivity (Wildman–Crippen MR) is 74.8 cm³/mol. The molecule has 1 aromatic rings. The van der Waals surface area contributed by atoms with Gasteiger partial charge in [-0.25, -0.2) is 4.79 Å². The molecule has 1 unspecified atom stereocenters. The molecule has 0 amide bonds. The van der Waals surface area contributed by atoms with Crippen LogP contribution in [0.5, 0.6) is 5.88 Å². The summed E-state index contributed by atoms with van der Waals surface area (Å²) in [6.45, 7) is 7.68. The molecule has 20 heavy (non-hydrogen) atoms. The number of H-pyrrole nitrogens is 1. The van der Waals surface area contributed by atoms with E-state index in [2.05, 4.69) is 16.5 Å². The topological polar surface area (TPSA) is 73.4 Å². The summed E-state index contributed by atoms with van der Waals surface area (Å²) in [7, 11) is 0. The van der Waals surface area contributed by atoms with Gasteiger partial charge in [-0.3, -0.25) is 0 Å². The van der Waals surface area contributed by atoms with Gasteiger partial charge in [0.05, 0.1) is 25.5 Å². The Kier molecular flexibility index (Phi) is 5.09. The molecule has 1 aliphatic rings. The number of ether oxygens (including phenoxy) is 3. The minimum Gasteiger partial charge on any atom is -0.475 e. The Morgan fingerprint density at radius 2 is 2.50 bits per heavy atom. The highest BCUT2D eigenvalue weighted by atomic mass is 16.6. The van der Waals surface area contributed by atoms with E-state index >= 15 is 0 Å². The smallest absolute Gasteiger partial charge is 0.348 e. The van der Waals surface area contributed by atoms with Crippen molar-refractivity contribution in [2.75, 3.05) is 26.4 Å². The van der Waals surface area contributed by atoms with E-state index in [1.54, 1.807) is 12.1 Å². The van der Waals surface area contributed by atoms with Crippen molar-refractivity contribution in [2.45, 2.75) is 13.0 Å². The van der Waals surface area contributed by atoms with Crippen LogP contribution in [0.2, 0.25) is 0 Å². The van der Waals surface area contributed by atoms with Crippen molar-refractivity contribution in [3.05, 3.63) is 41.0 Å². The van der Waals surface area contributed by atoms with Crippen molar-refractivity contribution >= 4 is 5.57 Å². The van der Waals surface area contributed by atoms with Crippen LogP contribution >= 0.6 is 0 Å². The van der Waals surface area contributed by atoms with Gasteiger partial charge in [-0.05, 0) is 12.5 Å². The second-order valence-electron chi connectivity index (χ2n) is 4.34. The van der Waals surface area contributed by atoms with Crippen molar-refractivity contribution < 1.29 is 14.2 Å². The lowest BCUT2D eigenvalue weighted by Gasteiger charge is -2.22. The Morgan fingerprint density at radius 1 is 1.65 bits per heavy atom. The number of aromatic nitrogens is 2. The first-order valence-electron chi connectivity index (χ1n) is 6.44. The van der Waals surface area contributed by atoms with E-state index in [0.29, 0.717) is 37.7 Å². The van der Waals surface area contributed by atoms with Crippen LogP contribution in [-0.4, -0.2) is 42.5 Å². The highest BCUT2D eigenvalue weighted by Crippen LogP contribution is 2.14. The molecule has 0 spiro atoms. The molecule has 1 fully saturated rings. The summed E-state index contributed by atoms with van der Waals surface area (Å²) in [5.41, 5.74) is 0.803. The van der Waals surface area contributed by atoms with Gasteiger partial charge in [0.2, 0.25) is 5.88 Å². The van der Waals surface area contributed by atoms with Gasteiger partial charge in [0.1, 0.15) is 12.7 Å². The Balaban J connectivity index is 2.03. The maximum Gasteiger partial charge on any atom is 0.348 e. The van der Waals surface area contributed by atoms with Crippen LogP contribution in [0.1, 0.15) is 12.6 Å². The van der Waals surface area contributed by atoms with Gasteiger partial charge in [-0.15, -0.1) is 0 Å². The lowest BCUT2D eigenvalue weighted by molar-refractivity contribution is -0.102. The van der Waals surface area contributed by atoms with Gasteiger partial charge in [0.15, 0.2) is 0 Å². The molecular weight excluding hydrogens is 260 g/mol. The molecule has 1 aliphatic heterocycles. The van der Waals surface area contributed by atoms with E-state index in [9.17, 15) is 4.79 Å². The summed E-state index contributed by atoms with van der Waals surface area (Å²) in [5.74, 6) is 0.253. The van der Waals surface area contributed by atoms with Crippen molar-refractivity contribution in [3.8, 4) is 5.88 Å². The average Bonchev–Trinajstić information content (AvgIpc) is 2.46. The van der Waals surface area contributed by atoms with Gasteiger partial charge in [-0.2, -0.15) is 4.98 Å². The second-order valence-corrected chi connectivity index (χ2v) is 4.34. The molecule has 0 aliphatic carbocycles. The van der Waals surface area contributed by atoms with Crippen LogP contribution < -0.4 is 10.4 Å². The Bertz CT molecular complexity index is 544. The monoisotopic (exact) mass is 278 g/mol. The molecule has 0 saturated carbocycles. The summed E-state index contributed by atoms with van der Waals surface area (Å²) in [6.07, 6.45) is 3.51. The maximum atomic E-state index is 11.5. The van der Waals surface area contributed by atoms with Crippen molar-refractivity contribution in [1.29, 1.82) is 0 Å². The highest BCUT2D eigenvalue weighted by Gasteiger charge is 2.15. The second kappa shape index (κ2) is 7.02. The highest BCUT2D eigenvalue weighted by molar-refractivity contribution is 5.69. The minimum atomic E-state index is -0.469. The number of nitrogens with one attached hydrogen (secondary N) is 1. The lowest BCUT2D eigenvalue weighted by Crippen LogP contribution is -2.33. The van der Waals surface area contributed by atoms with Crippen molar-refractivity contribution in [2.24, 2.45) is 0 Å². The fraction of sp³-hybridized carbons (Fsp3) is 0.429. The molecule has 6 nitrogen and oxygen atoms in total. The normalized spacial score (nSPS) is 19.1. The summed E-state index contributed by atoms with van der Waals surface area (Å²) >= 11 is 0. The summed E-state index contributed by atoms with van der Waals surface area (Å²) in [4.78, 5) is 17.9. The SMILES string of the molecule is C=C(C=CC)c1cc(OCC2COCCO2)nc(=O)[nH]1. The maximum absolute atomic E-state index is 11.5. The standard InChI is InChI=1S/C14H18N2O4/c1-3-4-10(2)12-7-13(16-14(17)15-12)20-9-11-8-18-5-6-19-11/h3-4,7,11H,2,5-6,8-9H2,1H3,(H,15,16,17). The lowest BCUT2D eigenvalue weighted by atomic mass is 10.2. The third-order valence-corrected chi connectivity index (χ3v) is 2.74. The first kappa shape index (κ1) is 14.5. The molecule has 1 aromatic heterocycles. The first-order valence-corrected chi connectivity index (χ1v) is 6.44. The molecular formula is C14H18N2O4. The Hall–Kier alpha value is -1.92. The first-order chi connectivity index (χ1) is 9.69. The summed E-state index contributed by atoms with van der Waals surface area (Å²) in [6, 6.07) is 1.65. The van der Waals surface area contributed by atoms with Gasteiger partial charge < -0.3 is 19.2 Å². The zero-order valence-corrected chi connectivity index (χ0v) is 11.4. The molecule has 6 heteroatoms. The molecule has 1 saturated heterocycles. The third kappa shape index (κ3) is 4.04. The summed E-state index contributed by atoms with van der Waals surface area (Å²) < 4.78 is 16.2. The van der Waals surface area contributed by atoms with Gasteiger partial charge in [0.25, 0.3) is 0 Å². The van der Waals surface area contributed by atoms with Crippen LogP contribution in [0.15, 0.2) is 29.6 Å². The van der Waals surface area contributed by atoms with E-state index in [1.165, 1.54) is 0 Å². The number of aromatic amines is 1. The number of hydrogen-bond acceptors (Lipinski definition) is 5. The van der Waals surface area contributed by atoms with Crippen LogP contribution in [0.4, 0.5) is 0 Å². The third-order valence-electron chi connectivity index (χ3n) is 2.74.